The largest absolute Gasteiger partial charge is 0.481 e. The number of thioether (sulfide) groups is 1. The van der Waals surface area contributed by atoms with Crippen molar-refractivity contribution in [2.75, 3.05) is 37.8 Å². The molecule has 3 heterocycles. The van der Waals surface area contributed by atoms with Gasteiger partial charge in [0.15, 0.2) is 17.7 Å². The van der Waals surface area contributed by atoms with Gasteiger partial charge in [-0.15, -0.1) is 0 Å². The highest BCUT2D eigenvalue weighted by Crippen LogP contribution is 2.61. The Morgan fingerprint density at radius 1 is 1.00 bits per heavy atom. The number of phosphoric ester groups is 3. The number of aromatic nitrogens is 4. The highest BCUT2D eigenvalue weighted by molar-refractivity contribution is 8.13. The molecule has 60 heavy (non-hydrogen) atoms. The van der Waals surface area contributed by atoms with Gasteiger partial charge in [-0.3, -0.25) is 37.3 Å². The van der Waals surface area contributed by atoms with Crippen LogP contribution in [-0.2, 0) is 55.5 Å². The maximum absolute atomic E-state index is 12.7. The number of phosphoric acid groups is 3. The Kier molecular flexibility index (Phi) is 18.7. The molecule has 1 aliphatic rings. The molecule has 1 fully saturated rings. The number of carboxylic acids is 1. The van der Waals surface area contributed by atoms with Gasteiger partial charge in [-0.1, -0.05) is 25.6 Å². The van der Waals surface area contributed by atoms with Crippen LogP contribution >= 0.6 is 35.2 Å². The first-order valence-electron chi connectivity index (χ1n) is 17.5. The molecule has 3 rings (SSSR count). The zero-order valence-electron chi connectivity index (χ0n) is 31.9. The number of amides is 2. The normalized spacial score (nSPS) is 22.0. The van der Waals surface area contributed by atoms with Crippen LogP contribution < -0.4 is 27.8 Å². The van der Waals surface area contributed by atoms with Crippen molar-refractivity contribution in [3.63, 3.8) is 0 Å². The molecule has 0 radical (unpaired) electrons. The first-order chi connectivity index (χ1) is 27.7. The lowest BCUT2D eigenvalue weighted by atomic mass is 9.87. The van der Waals surface area contributed by atoms with E-state index in [1.54, 1.807) is 0 Å². The van der Waals surface area contributed by atoms with Crippen LogP contribution in [0.3, 0.4) is 0 Å². The van der Waals surface area contributed by atoms with Crippen LogP contribution in [0.5, 0.6) is 0 Å². The van der Waals surface area contributed by atoms with Crippen molar-refractivity contribution < 1.29 is 90.4 Å². The molecule has 2 aromatic rings. The van der Waals surface area contributed by atoms with Crippen molar-refractivity contribution >= 4 is 75.1 Å². The summed E-state index contributed by atoms with van der Waals surface area (Å²) in [7, 11) is -16.5. The molecule has 2 amide bonds. The molecular formula is C28H48N9O19P3S. The van der Waals surface area contributed by atoms with E-state index in [9.17, 15) is 62.7 Å². The lowest BCUT2D eigenvalue weighted by Crippen LogP contribution is -2.46. The number of carbonyl (C=O) groups is 4. The number of nitrogens with one attached hydrogen (secondary N) is 2. The molecule has 0 bridgehead atoms. The Labute approximate surface area is 344 Å². The van der Waals surface area contributed by atoms with E-state index in [4.69, 9.17) is 36.1 Å². The maximum Gasteiger partial charge on any atom is 0.481 e. The Balaban J connectivity index is 1.44. The van der Waals surface area contributed by atoms with E-state index in [1.807, 2.05) is 0 Å². The molecule has 0 saturated carbocycles. The third-order valence-electron chi connectivity index (χ3n) is 8.40. The van der Waals surface area contributed by atoms with Gasteiger partial charge in [0.2, 0.25) is 16.9 Å². The van der Waals surface area contributed by atoms with Crippen molar-refractivity contribution in [3.8, 4) is 0 Å². The number of imidazole rings is 1. The molecule has 2 aromatic heterocycles. The summed E-state index contributed by atoms with van der Waals surface area (Å²) in [5, 5.41) is 34.7. The predicted octanol–water partition coefficient (Wildman–Crippen LogP) is -2.43. The number of nitrogens with two attached hydrogens (primary N) is 3. The fraction of sp³-hybridized carbons (Fsp3) is 0.679. The number of aliphatic hydroxyl groups is 2. The topological polar surface area (TPSA) is 453 Å². The van der Waals surface area contributed by atoms with Gasteiger partial charge in [0, 0.05) is 30.7 Å². The monoisotopic (exact) mass is 939 g/mol. The number of nitrogens with zero attached hydrogens (tertiary/aromatic N) is 4. The molecular weight excluding hydrogens is 891 g/mol. The number of fused-ring (bicyclic) bond motifs is 1. The molecule has 32 heteroatoms. The lowest BCUT2D eigenvalue weighted by molar-refractivity contribution is -0.139. The first-order valence-corrected chi connectivity index (χ1v) is 23.0. The average molecular weight is 940 g/mol. The van der Waals surface area contributed by atoms with Crippen LogP contribution in [0.1, 0.15) is 45.8 Å². The van der Waals surface area contributed by atoms with Crippen LogP contribution in [0.25, 0.3) is 11.2 Å². The third-order valence-corrected chi connectivity index (χ3v) is 12.5. The number of rotatable bonds is 25. The molecule has 15 N–H and O–H groups in total. The molecule has 1 aliphatic heterocycles. The molecule has 9 unspecified atom stereocenters. The van der Waals surface area contributed by atoms with E-state index in [1.165, 1.54) is 13.8 Å². The van der Waals surface area contributed by atoms with E-state index in [0.29, 0.717) is 6.42 Å². The molecule has 0 aliphatic carbocycles. The molecule has 28 nitrogen and oxygen atoms in total. The SMILES string of the molecule is CC(C)(COP(=O)(O)OP(=O)(O)OCC1OC(n2cnc3c(N)ncnc32)C(O)C1OP(=O)(O)O)C(O)C(=O)NCCC(=O)NCCSC(=O)C(N)CCCC(N)C(=O)O. The number of anilines is 1. The Hall–Kier alpha value is -3.05. The number of aliphatic carboxylic acids is 1. The van der Waals surface area contributed by atoms with Gasteiger partial charge in [-0.2, -0.15) is 4.31 Å². The second-order valence-corrected chi connectivity index (χ2v) is 19.1. The first kappa shape index (κ1) is 51.3. The van der Waals surface area contributed by atoms with Gasteiger partial charge in [0.05, 0.1) is 25.6 Å². The second kappa shape index (κ2) is 21.8. The number of hydrogen-bond acceptors (Lipinski definition) is 21. The zero-order valence-corrected chi connectivity index (χ0v) is 35.4. The number of ether oxygens (including phenoxy) is 1. The smallest absolute Gasteiger partial charge is 0.480 e. The van der Waals surface area contributed by atoms with E-state index < -0.39 is 103 Å². The van der Waals surface area contributed by atoms with Crippen LogP contribution in [0.2, 0.25) is 0 Å². The molecule has 340 valence electrons. The highest BCUT2D eigenvalue weighted by Gasteiger charge is 2.50. The Bertz CT molecular complexity index is 1970. The minimum atomic E-state index is -5.60. The van der Waals surface area contributed by atoms with Crippen LogP contribution in [0, 0.1) is 5.41 Å². The van der Waals surface area contributed by atoms with E-state index in [-0.39, 0.29) is 60.2 Å². The fourth-order valence-electron chi connectivity index (χ4n) is 5.19. The van der Waals surface area contributed by atoms with E-state index >= 15 is 0 Å². The van der Waals surface area contributed by atoms with Crippen molar-refractivity contribution in [1.29, 1.82) is 0 Å². The summed E-state index contributed by atoms with van der Waals surface area (Å²) >= 11 is 0.871. The summed E-state index contributed by atoms with van der Waals surface area (Å²) < 4.78 is 62.1. The summed E-state index contributed by atoms with van der Waals surface area (Å²) in [5.41, 5.74) is 15.4. The van der Waals surface area contributed by atoms with Gasteiger partial charge in [0.25, 0.3) is 0 Å². The fourth-order valence-corrected chi connectivity index (χ4v) is 8.75. The minimum Gasteiger partial charge on any atom is -0.480 e. The average Bonchev–Trinajstić information content (AvgIpc) is 3.71. The Morgan fingerprint density at radius 2 is 1.65 bits per heavy atom. The summed E-state index contributed by atoms with van der Waals surface area (Å²) in [6.45, 7) is 0.183. The van der Waals surface area contributed by atoms with Crippen molar-refractivity contribution in [1.82, 2.24) is 30.2 Å². The van der Waals surface area contributed by atoms with E-state index in [0.717, 1.165) is 29.0 Å². The summed E-state index contributed by atoms with van der Waals surface area (Å²) in [6.07, 6.45) is -6.41. The Morgan fingerprint density at radius 3 is 2.30 bits per heavy atom. The summed E-state index contributed by atoms with van der Waals surface area (Å²) in [5.74, 6) is -2.58. The summed E-state index contributed by atoms with van der Waals surface area (Å²) in [6, 6.07) is -1.90. The molecule has 0 spiro atoms. The standard InChI is InChI=1S/C28H48N9O19P3S/c1-28(2,21(40)24(41)33-7-6-17(38)32-8-9-60-27(44)15(30)5-3-4-14(29)26(42)43)11-53-59(50,51)56-58(48,49)52-10-16-20(55-57(45,46)47)19(39)25(54-16)37-13-36-18-22(31)34-12-35-23(18)37/h12-16,19-21,25,39-40H,3-11,29-30H2,1-2H3,(H,32,38)(H,33,41)(H,42,43)(H,48,49)(H,50,51)(H2,31,34,35)(H2,45,46,47). The molecule has 9 atom stereocenters. The van der Waals surface area contributed by atoms with Crippen LogP contribution in [-0.4, -0.2) is 146 Å². The van der Waals surface area contributed by atoms with Gasteiger partial charge in [-0.05, 0) is 19.3 Å². The van der Waals surface area contributed by atoms with Crippen LogP contribution in [0.4, 0.5) is 5.82 Å². The number of carboxylic acid groups (broad SMARTS) is 1. The van der Waals surface area contributed by atoms with Gasteiger partial charge in [-0.25, -0.2) is 28.6 Å². The minimum absolute atomic E-state index is 0.0170. The molecule has 0 aromatic carbocycles. The lowest BCUT2D eigenvalue weighted by Gasteiger charge is -2.30. The number of aliphatic hydroxyl groups excluding tert-OH is 2. The van der Waals surface area contributed by atoms with Gasteiger partial charge < -0.3 is 67.5 Å². The van der Waals surface area contributed by atoms with Crippen molar-refractivity contribution in [2.24, 2.45) is 16.9 Å². The quantitative estimate of drug-likeness (QED) is 0.0364. The van der Waals surface area contributed by atoms with Crippen molar-refractivity contribution in [2.45, 2.75) is 82.3 Å². The highest BCUT2D eigenvalue weighted by atomic mass is 32.2. The van der Waals surface area contributed by atoms with Gasteiger partial charge in [0.1, 0.15) is 42.3 Å². The second-order valence-electron chi connectivity index (χ2n) is 13.7. The molecule has 1 saturated heterocycles. The van der Waals surface area contributed by atoms with Crippen molar-refractivity contribution in [3.05, 3.63) is 12.7 Å². The predicted molar refractivity (Wildman–Crippen MR) is 205 cm³/mol. The summed E-state index contributed by atoms with van der Waals surface area (Å²) in [4.78, 5) is 98.6. The number of hydrogen-bond donors (Lipinski definition) is 12. The third kappa shape index (κ3) is 15.7. The zero-order chi connectivity index (χ0) is 45.2. The van der Waals surface area contributed by atoms with E-state index in [2.05, 4.69) is 34.4 Å². The van der Waals surface area contributed by atoms with Gasteiger partial charge >= 0.3 is 29.4 Å². The van der Waals surface area contributed by atoms with Crippen LogP contribution in [0.15, 0.2) is 12.7 Å². The number of carbonyl (C=O) groups excluding carboxylic acids is 3. The maximum atomic E-state index is 12.7. The number of nitrogen functional groups attached to an aromatic ring is 1.